The van der Waals surface area contributed by atoms with Gasteiger partial charge >= 0.3 is 0 Å². The second-order valence-electron chi connectivity index (χ2n) is 3.11. The van der Waals surface area contributed by atoms with E-state index in [1.54, 1.807) is 0 Å². The molecule has 0 fully saturated rings. The molecule has 4 heteroatoms. The Kier molecular flexibility index (Phi) is 5.06. The molecule has 0 aliphatic heterocycles. The van der Waals surface area contributed by atoms with Gasteiger partial charge in [0.1, 0.15) is 6.54 Å². The monoisotopic (exact) mass is 169 g/mol. The van der Waals surface area contributed by atoms with E-state index in [0.29, 0.717) is 12.3 Å². The first-order valence-electron chi connectivity index (χ1n) is 3.98. The second kappa shape index (κ2) is 5.56. The zero-order chi connectivity index (χ0) is 9.56. The van der Waals surface area contributed by atoms with Crippen LogP contribution in [0.15, 0.2) is 0 Å². The van der Waals surface area contributed by atoms with Crippen LogP contribution in [0.1, 0.15) is 20.3 Å². The Bertz CT molecular complexity index is 183. The van der Waals surface area contributed by atoms with Gasteiger partial charge in [-0.25, -0.2) is 0 Å². The van der Waals surface area contributed by atoms with Gasteiger partial charge in [0.25, 0.3) is 0 Å². The van der Waals surface area contributed by atoms with Gasteiger partial charge in [0.2, 0.25) is 5.91 Å². The minimum atomic E-state index is -0.488. The molecule has 0 aliphatic carbocycles. The molecular formula is C8H15N3O. The summed E-state index contributed by atoms with van der Waals surface area (Å²) in [5.41, 5.74) is 5.54. The van der Waals surface area contributed by atoms with Crippen LogP contribution in [0.2, 0.25) is 0 Å². The van der Waals surface area contributed by atoms with E-state index in [0.717, 1.165) is 0 Å². The summed E-state index contributed by atoms with van der Waals surface area (Å²) in [6.45, 7) is 4.03. The Labute approximate surface area is 72.7 Å². The highest BCUT2D eigenvalue weighted by molar-refractivity contribution is 5.81. The van der Waals surface area contributed by atoms with Crippen LogP contribution in [0.5, 0.6) is 0 Å². The molecule has 0 saturated heterocycles. The smallest absolute Gasteiger partial charge is 0.237 e. The number of nitrogens with zero attached hydrogens (tertiary/aromatic N) is 1. The zero-order valence-corrected chi connectivity index (χ0v) is 7.50. The molecule has 1 atom stereocenters. The highest BCUT2D eigenvalue weighted by Gasteiger charge is 2.13. The Hall–Kier alpha value is -1.08. The number of carbonyl (C=O) groups excluding carboxylic acids is 1. The molecule has 0 spiro atoms. The Morgan fingerprint density at radius 2 is 2.25 bits per heavy atom. The fraction of sp³-hybridized carbons (Fsp3) is 0.750. The summed E-state index contributed by atoms with van der Waals surface area (Å²) < 4.78 is 0. The van der Waals surface area contributed by atoms with Crippen LogP contribution < -0.4 is 11.1 Å². The van der Waals surface area contributed by atoms with Gasteiger partial charge in [0.15, 0.2) is 0 Å². The van der Waals surface area contributed by atoms with Gasteiger partial charge in [-0.3, -0.25) is 4.79 Å². The van der Waals surface area contributed by atoms with Gasteiger partial charge in [0, 0.05) is 0 Å². The second-order valence-corrected chi connectivity index (χ2v) is 3.11. The number of carbonyl (C=O) groups is 1. The van der Waals surface area contributed by atoms with Crippen molar-refractivity contribution in [3.63, 3.8) is 0 Å². The third kappa shape index (κ3) is 4.69. The average molecular weight is 169 g/mol. The molecule has 0 aromatic rings. The van der Waals surface area contributed by atoms with Crippen molar-refractivity contribution in [2.75, 3.05) is 6.54 Å². The number of nitriles is 1. The number of nitrogens with two attached hydrogens (primary N) is 1. The minimum Gasteiger partial charge on any atom is -0.342 e. The van der Waals surface area contributed by atoms with Gasteiger partial charge in [-0.05, 0) is 12.3 Å². The van der Waals surface area contributed by atoms with E-state index in [9.17, 15) is 4.79 Å². The van der Waals surface area contributed by atoms with E-state index >= 15 is 0 Å². The molecule has 68 valence electrons. The number of nitrogens with one attached hydrogen (secondary N) is 1. The van der Waals surface area contributed by atoms with Crippen molar-refractivity contribution in [3.05, 3.63) is 0 Å². The first-order valence-corrected chi connectivity index (χ1v) is 3.98. The highest BCUT2D eigenvalue weighted by Crippen LogP contribution is 2.01. The van der Waals surface area contributed by atoms with E-state index < -0.39 is 6.04 Å². The number of hydrogen-bond donors (Lipinski definition) is 2. The van der Waals surface area contributed by atoms with E-state index in [-0.39, 0.29) is 12.5 Å². The Morgan fingerprint density at radius 1 is 1.67 bits per heavy atom. The maximum atomic E-state index is 11.1. The highest BCUT2D eigenvalue weighted by atomic mass is 16.2. The molecular weight excluding hydrogens is 154 g/mol. The molecule has 0 bridgehead atoms. The third-order valence-corrected chi connectivity index (χ3v) is 1.40. The third-order valence-electron chi connectivity index (χ3n) is 1.40. The zero-order valence-electron chi connectivity index (χ0n) is 7.50. The maximum absolute atomic E-state index is 11.1. The fourth-order valence-electron chi connectivity index (χ4n) is 0.873. The number of rotatable bonds is 4. The van der Waals surface area contributed by atoms with Crippen LogP contribution in [-0.2, 0) is 4.79 Å². The van der Waals surface area contributed by atoms with Gasteiger partial charge in [-0.15, -0.1) is 0 Å². The van der Waals surface area contributed by atoms with E-state index in [1.807, 2.05) is 19.9 Å². The molecule has 0 aromatic carbocycles. The summed E-state index contributed by atoms with van der Waals surface area (Å²) in [6.07, 6.45) is 0.650. The molecule has 0 saturated carbocycles. The van der Waals surface area contributed by atoms with Crippen molar-refractivity contribution < 1.29 is 4.79 Å². The Balaban J connectivity index is 3.70. The van der Waals surface area contributed by atoms with E-state index in [2.05, 4.69) is 5.32 Å². The minimum absolute atomic E-state index is 0.0324. The summed E-state index contributed by atoms with van der Waals surface area (Å²) in [5.74, 6) is 0.151. The molecule has 0 aromatic heterocycles. The summed E-state index contributed by atoms with van der Waals surface area (Å²) in [4.78, 5) is 11.1. The van der Waals surface area contributed by atoms with Crippen LogP contribution in [0.3, 0.4) is 0 Å². The standard InChI is InChI=1S/C8H15N3O/c1-6(2)5-7(10)8(12)11-4-3-9/h6-7H,4-5,10H2,1-2H3,(H,11,12). The molecule has 0 rings (SSSR count). The number of amides is 1. The predicted octanol–water partition coefficient (Wildman–Crippen LogP) is -0.000420. The first-order chi connectivity index (χ1) is 5.57. The van der Waals surface area contributed by atoms with Crippen molar-refractivity contribution in [3.8, 4) is 6.07 Å². The lowest BCUT2D eigenvalue weighted by Gasteiger charge is -2.12. The molecule has 3 N–H and O–H groups in total. The van der Waals surface area contributed by atoms with Crippen molar-refractivity contribution >= 4 is 5.91 Å². The fourth-order valence-corrected chi connectivity index (χ4v) is 0.873. The molecule has 0 aliphatic rings. The SMILES string of the molecule is CC(C)CC(N)C(=O)NCC#N. The lowest BCUT2D eigenvalue weighted by atomic mass is 10.0. The van der Waals surface area contributed by atoms with Crippen LogP contribution in [0.4, 0.5) is 0 Å². The molecule has 12 heavy (non-hydrogen) atoms. The van der Waals surface area contributed by atoms with Crippen LogP contribution in [-0.4, -0.2) is 18.5 Å². The predicted molar refractivity (Wildman–Crippen MR) is 46.1 cm³/mol. The van der Waals surface area contributed by atoms with Crippen molar-refractivity contribution in [1.82, 2.24) is 5.32 Å². The van der Waals surface area contributed by atoms with Gasteiger partial charge in [-0.1, -0.05) is 13.8 Å². The summed E-state index contributed by atoms with van der Waals surface area (Å²) >= 11 is 0. The summed E-state index contributed by atoms with van der Waals surface area (Å²) in [7, 11) is 0. The van der Waals surface area contributed by atoms with Crippen LogP contribution in [0.25, 0.3) is 0 Å². The van der Waals surface area contributed by atoms with E-state index in [1.165, 1.54) is 0 Å². The van der Waals surface area contributed by atoms with Crippen molar-refractivity contribution in [2.45, 2.75) is 26.3 Å². The van der Waals surface area contributed by atoms with Gasteiger partial charge < -0.3 is 11.1 Å². The molecule has 1 unspecified atom stereocenters. The topological polar surface area (TPSA) is 78.9 Å². The largest absolute Gasteiger partial charge is 0.342 e. The van der Waals surface area contributed by atoms with Gasteiger partial charge in [-0.2, -0.15) is 5.26 Å². The van der Waals surface area contributed by atoms with Crippen LogP contribution in [0, 0.1) is 17.2 Å². The van der Waals surface area contributed by atoms with E-state index in [4.69, 9.17) is 11.0 Å². The number of hydrogen-bond acceptors (Lipinski definition) is 3. The molecule has 0 heterocycles. The van der Waals surface area contributed by atoms with Crippen LogP contribution >= 0.6 is 0 Å². The van der Waals surface area contributed by atoms with Crippen molar-refractivity contribution in [2.24, 2.45) is 11.7 Å². The normalized spacial score (nSPS) is 12.2. The maximum Gasteiger partial charge on any atom is 0.237 e. The lowest BCUT2D eigenvalue weighted by molar-refractivity contribution is -0.122. The molecule has 4 nitrogen and oxygen atoms in total. The molecule has 0 radical (unpaired) electrons. The lowest BCUT2D eigenvalue weighted by Crippen LogP contribution is -2.41. The quantitative estimate of drug-likeness (QED) is 0.581. The summed E-state index contributed by atoms with van der Waals surface area (Å²) in [5, 5.41) is 10.6. The first kappa shape index (κ1) is 10.9. The molecule has 1 amide bonds. The summed E-state index contributed by atoms with van der Waals surface area (Å²) in [6, 6.07) is 1.33. The Morgan fingerprint density at radius 3 is 2.67 bits per heavy atom. The van der Waals surface area contributed by atoms with Gasteiger partial charge in [0.05, 0.1) is 12.1 Å². The average Bonchev–Trinajstić information content (AvgIpc) is 1.98. The van der Waals surface area contributed by atoms with Crippen molar-refractivity contribution in [1.29, 1.82) is 5.26 Å².